The molecule has 0 aliphatic carbocycles. The molecule has 0 aliphatic rings. The van der Waals surface area contributed by atoms with Gasteiger partial charge in [0.25, 0.3) is 5.56 Å². The molecule has 2 N–H and O–H groups in total. The van der Waals surface area contributed by atoms with E-state index in [1.165, 1.54) is 17.8 Å². The average Bonchev–Trinajstić information content (AvgIpc) is 2.52. The van der Waals surface area contributed by atoms with Crippen molar-refractivity contribution < 1.29 is 4.79 Å². The van der Waals surface area contributed by atoms with Crippen LogP contribution < -0.4 is 10.9 Å². The third kappa shape index (κ3) is 5.85. The number of hydrogen-bond donors (Lipinski definition) is 2. The van der Waals surface area contributed by atoms with Crippen LogP contribution in [0.25, 0.3) is 0 Å². The zero-order valence-electron chi connectivity index (χ0n) is 13.1. The van der Waals surface area contributed by atoms with Crippen molar-refractivity contribution in [3.8, 4) is 0 Å². The third-order valence-electron chi connectivity index (χ3n) is 3.11. The first-order chi connectivity index (χ1) is 11.5. The van der Waals surface area contributed by atoms with Gasteiger partial charge in [0.1, 0.15) is 0 Å². The molecule has 0 aliphatic heterocycles. The number of hydrogen-bond acceptors (Lipinski definition) is 4. The molecule has 0 saturated carbocycles. The molecule has 0 saturated heterocycles. The van der Waals surface area contributed by atoms with E-state index in [-0.39, 0.29) is 17.2 Å². The van der Waals surface area contributed by atoms with Crippen molar-refractivity contribution >= 4 is 40.9 Å². The Morgan fingerprint density at radius 3 is 2.83 bits per heavy atom. The average molecular weight is 386 g/mol. The van der Waals surface area contributed by atoms with Gasteiger partial charge in [-0.05, 0) is 24.1 Å². The molecule has 5 nitrogen and oxygen atoms in total. The van der Waals surface area contributed by atoms with Gasteiger partial charge in [0.05, 0.1) is 5.75 Å². The first kappa shape index (κ1) is 18.8. The fourth-order valence-electron chi connectivity index (χ4n) is 1.98. The highest BCUT2D eigenvalue weighted by atomic mass is 35.5. The molecule has 1 heterocycles. The number of carbonyl (C=O) groups is 1. The Balaban J connectivity index is 1.88. The van der Waals surface area contributed by atoms with E-state index in [1.807, 2.05) is 6.92 Å². The minimum Gasteiger partial charge on any atom is -0.351 e. The van der Waals surface area contributed by atoms with Crippen molar-refractivity contribution in [2.75, 3.05) is 5.75 Å². The number of carbonyl (C=O) groups excluding carboxylic acids is 1. The number of rotatable bonds is 7. The van der Waals surface area contributed by atoms with E-state index < -0.39 is 0 Å². The summed E-state index contributed by atoms with van der Waals surface area (Å²) in [6.45, 7) is 2.33. The molecule has 0 bridgehead atoms. The Bertz CT molecular complexity index is 780. The maximum atomic E-state index is 11.9. The molecule has 2 aromatic rings. The Morgan fingerprint density at radius 2 is 2.12 bits per heavy atom. The van der Waals surface area contributed by atoms with E-state index in [2.05, 4.69) is 15.3 Å². The van der Waals surface area contributed by atoms with Crippen LogP contribution in [0, 0.1) is 0 Å². The summed E-state index contributed by atoms with van der Waals surface area (Å²) >= 11 is 13.1. The molecule has 1 aromatic carbocycles. The number of aromatic nitrogens is 2. The van der Waals surface area contributed by atoms with Crippen LogP contribution in [0.2, 0.25) is 10.0 Å². The van der Waals surface area contributed by atoms with Crippen molar-refractivity contribution in [3.05, 3.63) is 55.9 Å². The minimum absolute atomic E-state index is 0.156. The van der Waals surface area contributed by atoms with Gasteiger partial charge in [-0.1, -0.05) is 54.4 Å². The first-order valence-electron chi connectivity index (χ1n) is 7.41. The monoisotopic (exact) mass is 385 g/mol. The van der Waals surface area contributed by atoms with Gasteiger partial charge in [0, 0.05) is 28.4 Å². The molecule has 0 unspecified atom stereocenters. The predicted molar refractivity (Wildman–Crippen MR) is 97.9 cm³/mol. The summed E-state index contributed by atoms with van der Waals surface area (Å²) in [5, 5.41) is 4.28. The Labute approximate surface area is 154 Å². The van der Waals surface area contributed by atoms with E-state index in [9.17, 15) is 9.59 Å². The van der Waals surface area contributed by atoms with Crippen LogP contribution in [0.15, 0.2) is 34.2 Å². The van der Waals surface area contributed by atoms with Crippen LogP contribution in [0.1, 0.15) is 24.6 Å². The summed E-state index contributed by atoms with van der Waals surface area (Å²) < 4.78 is 0. The number of nitrogens with zero attached hydrogens (tertiary/aromatic N) is 1. The van der Waals surface area contributed by atoms with Crippen LogP contribution >= 0.6 is 35.0 Å². The number of H-pyrrole nitrogens is 1. The lowest BCUT2D eigenvalue weighted by atomic mass is 10.2. The molecule has 128 valence electrons. The molecular weight excluding hydrogens is 369 g/mol. The Kier molecular flexibility index (Phi) is 7.15. The number of benzene rings is 1. The fourth-order valence-corrected chi connectivity index (χ4v) is 3.18. The standard InChI is InChI=1S/C16H17Cl2N3O2S/c1-2-3-12-7-14(22)21-16(20-12)24-9-15(23)19-8-10-4-5-11(17)6-13(10)18/h4-7H,2-3,8-9H2,1H3,(H,19,23)(H,20,21,22). The van der Waals surface area contributed by atoms with Crippen molar-refractivity contribution in [2.45, 2.75) is 31.5 Å². The normalized spacial score (nSPS) is 10.6. The SMILES string of the molecule is CCCc1cc(=O)[nH]c(SCC(=O)NCc2ccc(Cl)cc2Cl)n1. The molecular formula is C16H17Cl2N3O2S. The number of aryl methyl sites for hydroxylation is 1. The van der Waals surface area contributed by atoms with E-state index >= 15 is 0 Å². The van der Waals surface area contributed by atoms with Crippen LogP contribution in [-0.4, -0.2) is 21.6 Å². The van der Waals surface area contributed by atoms with E-state index in [1.54, 1.807) is 18.2 Å². The van der Waals surface area contributed by atoms with Crippen molar-refractivity contribution in [1.82, 2.24) is 15.3 Å². The first-order valence-corrected chi connectivity index (χ1v) is 9.15. The molecule has 1 amide bonds. The number of amides is 1. The number of halogens is 2. The van der Waals surface area contributed by atoms with Crippen molar-refractivity contribution in [2.24, 2.45) is 0 Å². The van der Waals surface area contributed by atoms with E-state index in [0.29, 0.717) is 21.7 Å². The molecule has 0 spiro atoms. The van der Waals surface area contributed by atoms with Gasteiger partial charge in [-0.2, -0.15) is 0 Å². The summed E-state index contributed by atoms with van der Waals surface area (Å²) in [5.74, 6) is -0.0152. The highest BCUT2D eigenvalue weighted by molar-refractivity contribution is 7.99. The van der Waals surface area contributed by atoms with E-state index in [4.69, 9.17) is 23.2 Å². The predicted octanol–water partition coefficient (Wildman–Crippen LogP) is 3.44. The largest absolute Gasteiger partial charge is 0.351 e. The number of thioether (sulfide) groups is 1. The fraction of sp³-hybridized carbons (Fsp3) is 0.312. The lowest BCUT2D eigenvalue weighted by Gasteiger charge is -2.07. The van der Waals surface area contributed by atoms with Crippen LogP contribution in [-0.2, 0) is 17.8 Å². The van der Waals surface area contributed by atoms with Crippen molar-refractivity contribution in [3.63, 3.8) is 0 Å². The number of aromatic amines is 1. The highest BCUT2D eigenvalue weighted by Gasteiger charge is 2.08. The molecule has 1 aromatic heterocycles. The molecule has 24 heavy (non-hydrogen) atoms. The van der Waals surface area contributed by atoms with Gasteiger partial charge in [-0.3, -0.25) is 9.59 Å². The third-order valence-corrected chi connectivity index (χ3v) is 4.57. The molecule has 0 atom stereocenters. The summed E-state index contributed by atoms with van der Waals surface area (Å²) in [7, 11) is 0. The molecule has 8 heteroatoms. The summed E-state index contributed by atoms with van der Waals surface area (Å²) in [6.07, 6.45) is 1.64. The second kappa shape index (κ2) is 9.11. The molecule has 0 radical (unpaired) electrons. The minimum atomic E-state index is -0.204. The Hall–Kier alpha value is -1.50. The Morgan fingerprint density at radius 1 is 1.33 bits per heavy atom. The van der Waals surface area contributed by atoms with Gasteiger partial charge in [0.2, 0.25) is 5.91 Å². The number of nitrogens with one attached hydrogen (secondary N) is 2. The zero-order valence-corrected chi connectivity index (χ0v) is 15.4. The van der Waals surface area contributed by atoms with Crippen LogP contribution in [0.3, 0.4) is 0 Å². The second-order valence-electron chi connectivity index (χ2n) is 5.09. The van der Waals surface area contributed by atoms with Crippen molar-refractivity contribution in [1.29, 1.82) is 0 Å². The summed E-state index contributed by atoms with van der Waals surface area (Å²) in [6, 6.07) is 6.60. The van der Waals surface area contributed by atoms with Gasteiger partial charge in [0.15, 0.2) is 5.16 Å². The zero-order chi connectivity index (χ0) is 17.5. The summed E-state index contributed by atoms with van der Waals surface area (Å²) in [5.41, 5.74) is 1.32. The van der Waals surface area contributed by atoms with Gasteiger partial charge in [-0.15, -0.1) is 0 Å². The van der Waals surface area contributed by atoms with Gasteiger partial charge in [-0.25, -0.2) is 4.98 Å². The lowest BCUT2D eigenvalue weighted by Crippen LogP contribution is -2.25. The van der Waals surface area contributed by atoms with Gasteiger partial charge < -0.3 is 10.3 Å². The smallest absolute Gasteiger partial charge is 0.251 e. The second-order valence-corrected chi connectivity index (χ2v) is 6.90. The quantitative estimate of drug-likeness (QED) is 0.565. The highest BCUT2D eigenvalue weighted by Crippen LogP contribution is 2.20. The maximum Gasteiger partial charge on any atom is 0.251 e. The lowest BCUT2D eigenvalue weighted by molar-refractivity contribution is -0.118. The van der Waals surface area contributed by atoms with Crippen LogP contribution in [0.4, 0.5) is 0 Å². The topological polar surface area (TPSA) is 74.8 Å². The van der Waals surface area contributed by atoms with Crippen LogP contribution in [0.5, 0.6) is 0 Å². The van der Waals surface area contributed by atoms with E-state index in [0.717, 1.165) is 24.1 Å². The molecule has 2 rings (SSSR count). The molecule has 0 fully saturated rings. The van der Waals surface area contributed by atoms with Gasteiger partial charge >= 0.3 is 0 Å². The summed E-state index contributed by atoms with van der Waals surface area (Å²) in [4.78, 5) is 30.5. The maximum absolute atomic E-state index is 11.9.